The summed E-state index contributed by atoms with van der Waals surface area (Å²) in [4.78, 5) is 4.95. The molecule has 0 aliphatic carbocycles. The molecule has 3 heteroatoms. The first-order valence-electron chi connectivity index (χ1n) is 9.41. The van der Waals surface area contributed by atoms with E-state index >= 15 is 0 Å². The van der Waals surface area contributed by atoms with Crippen molar-refractivity contribution >= 4 is 60.3 Å². The van der Waals surface area contributed by atoms with Crippen molar-refractivity contribution in [1.82, 2.24) is 9.38 Å². The fourth-order valence-electron chi connectivity index (χ4n) is 4.52. The molecule has 0 saturated carbocycles. The number of aromatic nitrogens is 2. The molecule has 0 amide bonds. The predicted molar refractivity (Wildman–Crippen MR) is 115 cm³/mol. The molecule has 0 aliphatic rings. The summed E-state index contributed by atoms with van der Waals surface area (Å²) in [5.74, 6) is 0. The maximum atomic E-state index is 6.18. The van der Waals surface area contributed by atoms with Gasteiger partial charge in [0.15, 0.2) is 0 Å². The van der Waals surface area contributed by atoms with Crippen LogP contribution in [0.4, 0.5) is 0 Å². The predicted octanol–water partition coefficient (Wildman–Crippen LogP) is 6.69. The minimum absolute atomic E-state index is 0.906. The summed E-state index contributed by atoms with van der Waals surface area (Å²) in [5.41, 5.74) is 6.05. The van der Waals surface area contributed by atoms with Crippen LogP contribution < -0.4 is 0 Å². The first-order valence-corrected chi connectivity index (χ1v) is 9.41. The zero-order valence-electron chi connectivity index (χ0n) is 14.9. The summed E-state index contributed by atoms with van der Waals surface area (Å²) >= 11 is 0. The number of rotatable bonds is 0. The Bertz CT molecular complexity index is 1720. The van der Waals surface area contributed by atoms with E-state index in [1.807, 2.05) is 18.2 Å². The Balaban J connectivity index is 1.85. The van der Waals surface area contributed by atoms with Crippen LogP contribution in [-0.4, -0.2) is 9.38 Å². The van der Waals surface area contributed by atoms with E-state index in [-0.39, 0.29) is 0 Å². The summed E-state index contributed by atoms with van der Waals surface area (Å²) in [6.07, 6.45) is 0. The summed E-state index contributed by atoms with van der Waals surface area (Å²) in [6, 6.07) is 29.5. The van der Waals surface area contributed by atoms with E-state index in [4.69, 9.17) is 9.40 Å². The zero-order chi connectivity index (χ0) is 18.2. The van der Waals surface area contributed by atoms with Crippen molar-refractivity contribution in [3.05, 3.63) is 84.9 Å². The fourth-order valence-corrected chi connectivity index (χ4v) is 4.52. The van der Waals surface area contributed by atoms with E-state index in [0.29, 0.717) is 0 Å². The molecule has 0 saturated heterocycles. The van der Waals surface area contributed by atoms with Crippen molar-refractivity contribution in [1.29, 1.82) is 0 Å². The van der Waals surface area contributed by atoms with Crippen molar-refractivity contribution in [2.75, 3.05) is 0 Å². The standard InChI is InChI=1S/C25H14N2O/c1-2-9-17-15(7-1)18-13-19-16-8-3-6-12-23(16)28-24(19)14-22(18)27-21-11-5-4-10-20(21)26-25(17)27/h1-14H. The lowest BCUT2D eigenvalue weighted by Crippen LogP contribution is -1.91. The normalized spacial score (nSPS) is 12.3. The first-order chi connectivity index (χ1) is 13.9. The molecule has 28 heavy (non-hydrogen) atoms. The van der Waals surface area contributed by atoms with Gasteiger partial charge in [0, 0.05) is 27.6 Å². The van der Waals surface area contributed by atoms with Crippen LogP contribution in [0.5, 0.6) is 0 Å². The van der Waals surface area contributed by atoms with Gasteiger partial charge in [-0.05, 0) is 29.7 Å². The number of fused-ring (bicyclic) bond motifs is 11. The molecule has 0 bridgehead atoms. The molecule has 4 aromatic carbocycles. The lowest BCUT2D eigenvalue weighted by molar-refractivity contribution is 0.669. The number of nitrogens with zero attached hydrogens (tertiary/aromatic N) is 2. The molecule has 0 atom stereocenters. The average molecular weight is 358 g/mol. The van der Waals surface area contributed by atoms with Crippen LogP contribution in [0.1, 0.15) is 0 Å². The van der Waals surface area contributed by atoms with Crippen LogP contribution in [0.2, 0.25) is 0 Å². The van der Waals surface area contributed by atoms with E-state index < -0.39 is 0 Å². The SMILES string of the molecule is c1ccc2c(c1)nc1c3ccccc3c3cc4c(cc3n21)oc1ccccc14. The number of imidazole rings is 1. The van der Waals surface area contributed by atoms with Crippen LogP contribution in [0, 0.1) is 0 Å². The second-order valence-corrected chi connectivity index (χ2v) is 7.27. The van der Waals surface area contributed by atoms with Crippen molar-refractivity contribution in [2.45, 2.75) is 0 Å². The number of hydrogen-bond donors (Lipinski definition) is 0. The van der Waals surface area contributed by atoms with E-state index in [1.54, 1.807) is 0 Å². The van der Waals surface area contributed by atoms with Crippen LogP contribution in [0.3, 0.4) is 0 Å². The van der Waals surface area contributed by atoms with E-state index in [2.05, 4.69) is 71.1 Å². The van der Waals surface area contributed by atoms with Gasteiger partial charge >= 0.3 is 0 Å². The largest absolute Gasteiger partial charge is 0.456 e. The summed E-state index contributed by atoms with van der Waals surface area (Å²) in [5, 5.41) is 5.90. The molecule has 0 aliphatic heterocycles. The number of hydrogen-bond acceptors (Lipinski definition) is 2. The highest BCUT2D eigenvalue weighted by molar-refractivity contribution is 6.19. The van der Waals surface area contributed by atoms with E-state index in [0.717, 1.165) is 44.1 Å². The van der Waals surface area contributed by atoms with Gasteiger partial charge in [0.25, 0.3) is 0 Å². The van der Waals surface area contributed by atoms with E-state index in [1.165, 1.54) is 16.2 Å². The summed E-state index contributed by atoms with van der Waals surface area (Å²) < 4.78 is 8.44. The average Bonchev–Trinajstić information content (AvgIpc) is 3.31. The molecule has 3 nitrogen and oxygen atoms in total. The van der Waals surface area contributed by atoms with Crippen molar-refractivity contribution in [3.63, 3.8) is 0 Å². The summed E-state index contributed by atoms with van der Waals surface area (Å²) in [6.45, 7) is 0. The highest BCUT2D eigenvalue weighted by atomic mass is 16.3. The molecule has 0 N–H and O–H groups in total. The topological polar surface area (TPSA) is 30.4 Å². The molecule has 0 spiro atoms. The molecule has 0 unspecified atom stereocenters. The molecule has 3 aromatic heterocycles. The van der Waals surface area contributed by atoms with Gasteiger partial charge < -0.3 is 4.42 Å². The smallest absolute Gasteiger partial charge is 0.146 e. The second-order valence-electron chi connectivity index (χ2n) is 7.27. The Morgan fingerprint density at radius 1 is 0.571 bits per heavy atom. The lowest BCUT2D eigenvalue weighted by atomic mass is 10.0. The monoisotopic (exact) mass is 358 g/mol. The molecular weight excluding hydrogens is 344 g/mol. The first kappa shape index (κ1) is 14.2. The minimum atomic E-state index is 0.906. The molecule has 0 fully saturated rings. The third kappa shape index (κ3) is 1.66. The van der Waals surface area contributed by atoms with Crippen LogP contribution in [0.15, 0.2) is 89.3 Å². The Morgan fingerprint density at radius 2 is 1.32 bits per heavy atom. The lowest BCUT2D eigenvalue weighted by Gasteiger charge is -2.09. The minimum Gasteiger partial charge on any atom is -0.456 e. The zero-order valence-corrected chi connectivity index (χ0v) is 14.9. The molecular formula is C25H14N2O. The quantitative estimate of drug-likeness (QED) is 0.283. The fraction of sp³-hybridized carbons (Fsp3) is 0. The maximum absolute atomic E-state index is 6.18. The number of benzene rings is 4. The van der Waals surface area contributed by atoms with Crippen molar-refractivity contribution in [3.8, 4) is 0 Å². The van der Waals surface area contributed by atoms with Gasteiger partial charge in [-0.25, -0.2) is 4.98 Å². The van der Waals surface area contributed by atoms with Gasteiger partial charge in [-0.3, -0.25) is 4.40 Å². The third-order valence-corrected chi connectivity index (χ3v) is 5.75. The Kier molecular flexibility index (Phi) is 2.49. The molecule has 7 rings (SSSR count). The Morgan fingerprint density at radius 3 is 2.25 bits per heavy atom. The van der Waals surface area contributed by atoms with Gasteiger partial charge in [0.1, 0.15) is 16.8 Å². The van der Waals surface area contributed by atoms with Gasteiger partial charge in [-0.1, -0.05) is 54.6 Å². The maximum Gasteiger partial charge on any atom is 0.146 e. The highest BCUT2D eigenvalue weighted by Gasteiger charge is 2.16. The molecule has 0 radical (unpaired) electrons. The Hall–Kier alpha value is -3.85. The van der Waals surface area contributed by atoms with Crippen molar-refractivity contribution in [2.24, 2.45) is 0 Å². The number of furan rings is 1. The number of para-hydroxylation sites is 3. The van der Waals surface area contributed by atoms with Gasteiger partial charge in [0.2, 0.25) is 0 Å². The van der Waals surface area contributed by atoms with Crippen molar-refractivity contribution < 1.29 is 4.42 Å². The van der Waals surface area contributed by atoms with Crippen LogP contribution >= 0.6 is 0 Å². The molecule has 130 valence electrons. The third-order valence-electron chi connectivity index (χ3n) is 5.75. The van der Waals surface area contributed by atoms with Gasteiger partial charge in [-0.2, -0.15) is 0 Å². The molecule has 7 aromatic rings. The van der Waals surface area contributed by atoms with Gasteiger partial charge in [0.05, 0.1) is 16.6 Å². The highest BCUT2D eigenvalue weighted by Crippen LogP contribution is 2.37. The Labute approximate surface area is 159 Å². The summed E-state index contributed by atoms with van der Waals surface area (Å²) in [7, 11) is 0. The van der Waals surface area contributed by atoms with Crippen LogP contribution in [-0.2, 0) is 0 Å². The van der Waals surface area contributed by atoms with E-state index in [9.17, 15) is 0 Å². The molecule has 3 heterocycles. The van der Waals surface area contributed by atoms with Gasteiger partial charge in [-0.15, -0.1) is 0 Å². The number of pyridine rings is 1. The second kappa shape index (κ2) is 4.90. The van der Waals surface area contributed by atoms with Crippen LogP contribution in [0.25, 0.3) is 60.3 Å².